The molecule has 2 N–H and O–H groups in total. The van der Waals surface area contributed by atoms with E-state index in [9.17, 15) is 9.90 Å². The number of hydrogen-bond donors (Lipinski definition) is 2. The van der Waals surface area contributed by atoms with Crippen molar-refractivity contribution >= 4 is 5.91 Å². The van der Waals surface area contributed by atoms with E-state index in [4.69, 9.17) is 0 Å². The molecule has 2 rings (SSSR count). The predicted octanol–water partition coefficient (Wildman–Crippen LogP) is 0.748. The van der Waals surface area contributed by atoms with Crippen molar-refractivity contribution in [1.29, 1.82) is 0 Å². The number of piperidine rings is 1. The molecule has 0 bridgehead atoms. The summed E-state index contributed by atoms with van der Waals surface area (Å²) in [6.07, 6.45) is 4.63. The van der Waals surface area contributed by atoms with Crippen LogP contribution in [0.2, 0.25) is 0 Å². The fourth-order valence-electron chi connectivity index (χ4n) is 2.49. The molecule has 4 nitrogen and oxygen atoms in total. The first-order valence-corrected chi connectivity index (χ1v) is 6.88. The molecule has 0 aromatic carbocycles. The van der Waals surface area contributed by atoms with Crippen LogP contribution in [0.3, 0.4) is 0 Å². The second-order valence-electron chi connectivity index (χ2n) is 5.42. The highest BCUT2D eigenvalue weighted by Crippen LogP contribution is 2.21. The van der Waals surface area contributed by atoms with Crippen LogP contribution in [-0.4, -0.2) is 47.7 Å². The lowest BCUT2D eigenvalue weighted by atomic mass is 9.92. The number of likely N-dealkylation sites (tertiary alicyclic amines) is 1. The molecule has 1 saturated heterocycles. The number of carbonyl (C=O) groups is 1. The molecule has 2 fully saturated rings. The molecule has 17 heavy (non-hydrogen) atoms. The number of aliphatic hydroxyl groups is 1. The van der Waals surface area contributed by atoms with E-state index in [1.807, 2.05) is 0 Å². The second kappa shape index (κ2) is 5.83. The van der Waals surface area contributed by atoms with Crippen LogP contribution in [0.25, 0.3) is 0 Å². The summed E-state index contributed by atoms with van der Waals surface area (Å²) in [7, 11) is 0. The number of aliphatic hydroxyl groups excluding tert-OH is 1. The van der Waals surface area contributed by atoms with Crippen molar-refractivity contribution in [3.05, 3.63) is 0 Å². The number of amides is 1. The molecule has 1 amide bonds. The van der Waals surface area contributed by atoms with Gasteiger partial charge in [-0.25, -0.2) is 0 Å². The first-order valence-electron chi connectivity index (χ1n) is 6.88. The Morgan fingerprint density at radius 1 is 1.41 bits per heavy atom. The maximum absolute atomic E-state index is 11.6. The maximum Gasteiger partial charge on any atom is 0.221 e. The summed E-state index contributed by atoms with van der Waals surface area (Å²) in [5.41, 5.74) is 0. The lowest BCUT2D eigenvalue weighted by molar-refractivity contribution is -0.121. The van der Waals surface area contributed by atoms with Gasteiger partial charge in [0.05, 0.1) is 6.10 Å². The maximum atomic E-state index is 11.6. The minimum absolute atomic E-state index is 0.142. The molecule has 0 aromatic rings. The average Bonchev–Trinajstić information content (AvgIpc) is 3.12. The Morgan fingerprint density at radius 3 is 2.82 bits per heavy atom. The molecule has 1 aliphatic heterocycles. The minimum atomic E-state index is -0.142. The van der Waals surface area contributed by atoms with Crippen molar-refractivity contribution in [3.63, 3.8) is 0 Å². The SMILES string of the molecule is CCC1CN(CCC(=O)NC2CC2)CCC1O. The van der Waals surface area contributed by atoms with Gasteiger partial charge in [0.1, 0.15) is 0 Å². The van der Waals surface area contributed by atoms with Crippen molar-refractivity contribution < 1.29 is 9.90 Å². The normalized spacial score (nSPS) is 30.2. The van der Waals surface area contributed by atoms with Crippen LogP contribution in [0.4, 0.5) is 0 Å². The summed E-state index contributed by atoms with van der Waals surface area (Å²) in [5, 5.41) is 12.8. The first kappa shape index (κ1) is 12.8. The topological polar surface area (TPSA) is 52.6 Å². The van der Waals surface area contributed by atoms with Gasteiger partial charge in [0.2, 0.25) is 5.91 Å². The van der Waals surface area contributed by atoms with Gasteiger partial charge < -0.3 is 15.3 Å². The molecule has 2 atom stereocenters. The standard InChI is InChI=1S/C13H24N2O2/c1-2-10-9-15(7-5-12(10)16)8-6-13(17)14-11-3-4-11/h10-12,16H,2-9H2,1H3,(H,14,17). The monoisotopic (exact) mass is 240 g/mol. The quantitative estimate of drug-likeness (QED) is 0.745. The highest BCUT2D eigenvalue weighted by molar-refractivity contribution is 5.76. The fraction of sp³-hybridized carbons (Fsp3) is 0.923. The van der Waals surface area contributed by atoms with Crippen LogP contribution in [0.15, 0.2) is 0 Å². The third-order valence-electron chi connectivity index (χ3n) is 3.90. The van der Waals surface area contributed by atoms with Gasteiger partial charge in [-0.1, -0.05) is 6.92 Å². The number of nitrogens with one attached hydrogen (secondary N) is 1. The van der Waals surface area contributed by atoms with E-state index in [2.05, 4.69) is 17.1 Å². The smallest absolute Gasteiger partial charge is 0.221 e. The van der Waals surface area contributed by atoms with Crippen LogP contribution in [0.1, 0.15) is 39.0 Å². The van der Waals surface area contributed by atoms with Crippen LogP contribution in [0, 0.1) is 5.92 Å². The Hall–Kier alpha value is -0.610. The van der Waals surface area contributed by atoms with E-state index in [-0.39, 0.29) is 12.0 Å². The lowest BCUT2D eigenvalue weighted by Crippen LogP contribution is -2.44. The first-order chi connectivity index (χ1) is 8.19. The van der Waals surface area contributed by atoms with Crippen molar-refractivity contribution in [2.75, 3.05) is 19.6 Å². The molecule has 2 aliphatic rings. The van der Waals surface area contributed by atoms with E-state index in [1.165, 1.54) is 0 Å². The van der Waals surface area contributed by atoms with Crippen LogP contribution < -0.4 is 5.32 Å². The lowest BCUT2D eigenvalue weighted by Gasteiger charge is -2.35. The van der Waals surface area contributed by atoms with Gasteiger partial charge in [0.25, 0.3) is 0 Å². The Kier molecular flexibility index (Phi) is 4.40. The zero-order valence-electron chi connectivity index (χ0n) is 10.7. The van der Waals surface area contributed by atoms with Gasteiger partial charge in [-0.15, -0.1) is 0 Å². The third kappa shape index (κ3) is 3.96. The molecule has 0 radical (unpaired) electrons. The fourth-order valence-corrected chi connectivity index (χ4v) is 2.49. The van der Waals surface area contributed by atoms with E-state index in [0.717, 1.165) is 45.3 Å². The number of rotatable bonds is 5. The Balaban J connectivity index is 1.66. The Labute approximate surface area is 103 Å². The predicted molar refractivity (Wildman–Crippen MR) is 66.6 cm³/mol. The van der Waals surface area contributed by atoms with Crippen LogP contribution >= 0.6 is 0 Å². The molecule has 0 aromatic heterocycles. The van der Waals surface area contributed by atoms with Crippen LogP contribution in [0.5, 0.6) is 0 Å². The van der Waals surface area contributed by atoms with E-state index in [1.54, 1.807) is 0 Å². The van der Waals surface area contributed by atoms with Gasteiger partial charge >= 0.3 is 0 Å². The number of nitrogens with zero attached hydrogens (tertiary/aromatic N) is 1. The molecule has 98 valence electrons. The summed E-state index contributed by atoms with van der Waals surface area (Å²) >= 11 is 0. The Bertz CT molecular complexity index is 266. The van der Waals surface area contributed by atoms with E-state index < -0.39 is 0 Å². The van der Waals surface area contributed by atoms with Gasteiger partial charge in [0, 0.05) is 32.1 Å². The highest BCUT2D eigenvalue weighted by Gasteiger charge is 2.27. The number of carbonyl (C=O) groups excluding carboxylic acids is 1. The van der Waals surface area contributed by atoms with Gasteiger partial charge in [-0.2, -0.15) is 0 Å². The molecule has 1 heterocycles. The van der Waals surface area contributed by atoms with Crippen molar-refractivity contribution in [1.82, 2.24) is 10.2 Å². The number of hydrogen-bond acceptors (Lipinski definition) is 3. The highest BCUT2D eigenvalue weighted by atomic mass is 16.3. The zero-order chi connectivity index (χ0) is 12.3. The molecule has 2 unspecified atom stereocenters. The summed E-state index contributed by atoms with van der Waals surface area (Å²) < 4.78 is 0. The van der Waals surface area contributed by atoms with E-state index >= 15 is 0 Å². The minimum Gasteiger partial charge on any atom is -0.393 e. The molecule has 4 heteroatoms. The third-order valence-corrected chi connectivity index (χ3v) is 3.90. The zero-order valence-corrected chi connectivity index (χ0v) is 10.7. The summed E-state index contributed by atoms with van der Waals surface area (Å²) in [4.78, 5) is 13.9. The van der Waals surface area contributed by atoms with Gasteiger partial charge in [0.15, 0.2) is 0 Å². The molecular weight excluding hydrogens is 216 g/mol. The molecule has 1 saturated carbocycles. The summed E-state index contributed by atoms with van der Waals surface area (Å²) in [5.74, 6) is 0.571. The van der Waals surface area contributed by atoms with Crippen LogP contribution in [-0.2, 0) is 4.79 Å². The largest absolute Gasteiger partial charge is 0.393 e. The summed E-state index contributed by atoms with van der Waals surface area (Å²) in [6, 6.07) is 0.467. The summed E-state index contributed by atoms with van der Waals surface area (Å²) in [6.45, 7) is 4.82. The second-order valence-corrected chi connectivity index (χ2v) is 5.42. The molecule has 0 spiro atoms. The van der Waals surface area contributed by atoms with Crippen molar-refractivity contribution in [2.24, 2.45) is 5.92 Å². The molecular formula is C13H24N2O2. The van der Waals surface area contributed by atoms with E-state index in [0.29, 0.717) is 18.4 Å². The van der Waals surface area contributed by atoms with Gasteiger partial charge in [-0.05, 0) is 31.6 Å². The van der Waals surface area contributed by atoms with Crippen molar-refractivity contribution in [2.45, 2.75) is 51.2 Å². The Morgan fingerprint density at radius 2 is 2.18 bits per heavy atom. The average molecular weight is 240 g/mol. The molecule has 1 aliphatic carbocycles. The van der Waals surface area contributed by atoms with Gasteiger partial charge in [-0.3, -0.25) is 4.79 Å². The van der Waals surface area contributed by atoms with Crippen molar-refractivity contribution in [3.8, 4) is 0 Å².